The molecule has 1 aliphatic carbocycles. The number of phenolic OH excluding ortho intramolecular Hbond substituents is 1. The summed E-state index contributed by atoms with van der Waals surface area (Å²) in [5, 5.41) is 10.6. The van der Waals surface area contributed by atoms with Crippen LogP contribution in [0.3, 0.4) is 0 Å². The third kappa shape index (κ3) is 2.43. The largest absolute Gasteiger partial charge is 0.507 e. The molecule has 22 heavy (non-hydrogen) atoms. The second-order valence-corrected chi connectivity index (χ2v) is 7.23. The summed E-state index contributed by atoms with van der Waals surface area (Å²) in [5.74, 6) is 2.06. The van der Waals surface area contributed by atoms with Gasteiger partial charge in [-0.2, -0.15) is 0 Å². The van der Waals surface area contributed by atoms with Gasteiger partial charge in [-0.25, -0.2) is 0 Å². The number of fused-ring (bicyclic) bond motifs is 3. The summed E-state index contributed by atoms with van der Waals surface area (Å²) in [7, 11) is 0. The molecule has 0 saturated heterocycles. The van der Waals surface area contributed by atoms with E-state index in [0.29, 0.717) is 11.7 Å². The molecular weight excluding hydrogens is 272 g/mol. The SMILES string of the molecule is CCCc1cc(O)c2c(c1)O[C@](C)(CC)C1CCC(C)=CC21. The van der Waals surface area contributed by atoms with Gasteiger partial charge in [0, 0.05) is 17.4 Å². The maximum absolute atomic E-state index is 10.6. The third-order valence-corrected chi connectivity index (χ3v) is 5.63. The summed E-state index contributed by atoms with van der Waals surface area (Å²) in [4.78, 5) is 0. The molecule has 1 aromatic carbocycles. The lowest BCUT2D eigenvalue weighted by Crippen LogP contribution is -2.47. The predicted molar refractivity (Wildman–Crippen MR) is 90.6 cm³/mol. The number of aromatic hydroxyl groups is 1. The second-order valence-electron chi connectivity index (χ2n) is 7.23. The van der Waals surface area contributed by atoms with E-state index in [0.717, 1.165) is 43.4 Å². The van der Waals surface area contributed by atoms with Gasteiger partial charge in [-0.1, -0.05) is 31.9 Å². The van der Waals surface area contributed by atoms with Crippen LogP contribution < -0.4 is 4.74 Å². The average Bonchev–Trinajstić information content (AvgIpc) is 2.46. The highest BCUT2D eigenvalue weighted by atomic mass is 16.5. The van der Waals surface area contributed by atoms with Crippen molar-refractivity contribution < 1.29 is 9.84 Å². The van der Waals surface area contributed by atoms with E-state index < -0.39 is 0 Å². The van der Waals surface area contributed by atoms with Crippen LogP contribution in [0.25, 0.3) is 0 Å². The third-order valence-electron chi connectivity index (χ3n) is 5.63. The van der Waals surface area contributed by atoms with E-state index in [9.17, 15) is 5.11 Å². The summed E-state index contributed by atoms with van der Waals surface area (Å²) in [6.45, 7) is 8.82. The van der Waals surface area contributed by atoms with Gasteiger partial charge in [-0.3, -0.25) is 0 Å². The number of ether oxygens (including phenoxy) is 1. The van der Waals surface area contributed by atoms with Crippen molar-refractivity contribution in [1.82, 2.24) is 0 Å². The molecule has 3 atom stereocenters. The van der Waals surface area contributed by atoms with Crippen LogP contribution in [0.2, 0.25) is 0 Å². The minimum Gasteiger partial charge on any atom is -0.507 e. The number of hydrogen-bond acceptors (Lipinski definition) is 2. The number of phenols is 1. The topological polar surface area (TPSA) is 29.5 Å². The summed E-state index contributed by atoms with van der Waals surface area (Å²) in [5.41, 5.74) is 3.48. The van der Waals surface area contributed by atoms with Crippen LogP contribution in [0.1, 0.15) is 70.4 Å². The molecule has 0 spiro atoms. The van der Waals surface area contributed by atoms with Crippen LogP contribution in [0.15, 0.2) is 23.8 Å². The van der Waals surface area contributed by atoms with Gasteiger partial charge >= 0.3 is 0 Å². The van der Waals surface area contributed by atoms with E-state index in [1.807, 2.05) is 6.07 Å². The smallest absolute Gasteiger partial charge is 0.127 e. The first-order valence-corrected chi connectivity index (χ1v) is 8.70. The molecule has 1 aromatic rings. The van der Waals surface area contributed by atoms with Gasteiger partial charge in [0.1, 0.15) is 17.1 Å². The van der Waals surface area contributed by atoms with E-state index in [-0.39, 0.29) is 11.5 Å². The second kappa shape index (κ2) is 5.64. The first-order valence-electron chi connectivity index (χ1n) is 8.70. The Labute approximate surface area is 134 Å². The first kappa shape index (κ1) is 15.5. The molecule has 3 rings (SSSR count). The van der Waals surface area contributed by atoms with E-state index in [1.165, 1.54) is 11.1 Å². The maximum Gasteiger partial charge on any atom is 0.127 e. The average molecular weight is 300 g/mol. The Bertz CT molecular complexity index is 602. The van der Waals surface area contributed by atoms with Gasteiger partial charge in [0.05, 0.1) is 0 Å². The normalized spacial score (nSPS) is 30.1. The predicted octanol–water partition coefficient (Wildman–Crippen LogP) is 5.35. The van der Waals surface area contributed by atoms with Crippen molar-refractivity contribution in [2.24, 2.45) is 5.92 Å². The van der Waals surface area contributed by atoms with Gasteiger partial charge in [-0.15, -0.1) is 0 Å². The molecule has 0 amide bonds. The standard InChI is InChI=1S/C20H28O2/c1-5-7-14-11-17(21)19-15-10-13(3)8-9-16(15)20(4,6-2)22-18(19)12-14/h10-12,15-16,21H,5-9H2,1-4H3/t15?,16?,20-/m1/s1. The summed E-state index contributed by atoms with van der Waals surface area (Å²) in [6.07, 6.45) is 7.71. The van der Waals surface area contributed by atoms with Crippen LogP contribution >= 0.6 is 0 Å². The molecule has 2 unspecified atom stereocenters. The van der Waals surface area contributed by atoms with Crippen molar-refractivity contribution in [1.29, 1.82) is 0 Å². The highest BCUT2D eigenvalue weighted by Crippen LogP contribution is 2.54. The molecule has 2 aliphatic rings. The molecule has 0 fully saturated rings. The molecule has 1 aliphatic heterocycles. The van der Waals surface area contributed by atoms with Crippen LogP contribution in [0, 0.1) is 5.92 Å². The zero-order chi connectivity index (χ0) is 15.9. The fourth-order valence-electron chi connectivity index (χ4n) is 4.22. The Balaban J connectivity index is 2.14. The summed E-state index contributed by atoms with van der Waals surface area (Å²) >= 11 is 0. The summed E-state index contributed by atoms with van der Waals surface area (Å²) in [6, 6.07) is 4.09. The van der Waals surface area contributed by atoms with E-state index in [4.69, 9.17) is 4.74 Å². The number of aryl methyl sites for hydroxylation is 1. The monoisotopic (exact) mass is 300 g/mol. The fraction of sp³-hybridized carbons (Fsp3) is 0.600. The Hall–Kier alpha value is -1.44. The van der Waals surface area contributed by atoms with E-state index in [1.54, 1.807) is 0 Å². The lowest BCUT2D eigenvalue weighted by Gasteiger charge is -2.48. The number of hydrogen-bond donors (Lipinski definition) is 1. The highest BCUT2D eigenvalue weighted by molar-refractivity contribution is 5.54. The Kier molecular flexibility index (Phi) is 3.96. The van der Waals surface area contributed by atoms with Crippen LogP contribution in [0.5, 0.6) is 11.5 Å². The van der Waals surface area contributed by atoms with Crippen molar-refractivity contribution in [3.63, 3.8) is 0 Å². The number of benzene rings is 1. The van der Waals surface area contributed by atoms with Crippen molar-refractivity contribution >= 4 is 0 Å². The minimum atomic E-state index is -0.133. The molecule has 2 nitrogen and oxygen atoms in total. The maximum atomic E-state index is 10.6. The van der Waals surface area contributed by atoms with Crippen molar-refractivity contribution in [3.8, 4) is 11.5 Å². The molecule has 0 aromatic heterocycles. The van der Waals surface area contributed by atoms with Crippen molar-refractivity contribution in [2.75, 3.05) is 0 Å². The Morgan fingerprint density at radius 2 is 2.09 bits per heavy atom. The minimum absolute atomic E-state index is 0.133. The molecule has 120 valence electrons. The Morgan fingerprint density at radius 1 is 1.32 bits per heavy atom. The lowest BCUT2D eigenvalue weighted by atomic mass is 9.66. The number of allylic oxidation sites excluding steroid dienone is 2. The highest BCUT2D eigenvalue weighted by Gasteiger charge is 2.46. The quantitative estimate of drug-likeness (QED) is 0.763. The molecule has 1 N–H and O–H groups in total. The van der Waals surface area contributed by atoms with Crippen LogP contribution in [-0.2, 0) is 6.42 Å². The van der Waals surface area contributed by atoms with Gasteiger partial charge in [0.2, 0.25) is 0 Å². The molecule has 0 bridgehead atoms. The van der Waals surface area contributed by atoms with Crippen molar-refractivity contribution in [3.05, 3.63) is 34.9 Å². The molecular formula is C20H28O2. The zero-order valence-corrected chi connectivity index (χ0v) is 14.3. The molecule has 0 saturated carbocycles. The van der Waals surface area contributed by atoms with E-state index >= 15 is 0 Å². The molecule has 0 radical (unpaired) electrons. The van der Waals surface area contributed by atoms with Crippen LogP contribution in [-0.4, -0.2) is 10.7 Å². The molecule has 2 heteroatoms. The molecule has 1 heterocycles. The fourth-order valence-corrected chi connectivity index (χ4v) is 4.22. The van der Waals surface area contributed by atoms with Crippen LogP contribution in [0.4, 0.5) is 0 Å². The van der Waals surface area contributed by atoms with E-state index in [2.05, 4.69) is 39.8 Å². The zero-order valence-electron chi connectivity index (χ0n) is 14.3. The van der Waals surface area contributed by atoms with Gasteiger partial charge in [0.25, 0.3) is 0 Å². The van der Waals surface area contributed by atoms with Crippen molar-refractivity contribution in [2.45, 2.75) is 71.3 Å². The lowest BCUT2D eigenvalue weighted by molar-refractivity contribution is -0.00904. The summed E-state index contributed by atoms with van der Waals surface area (Å²) < 4.78 is 6.45. The van der Waals surface area contributed by atoms with Gasteiger partial charge in [0.15, 0.2) is 0 Å². The van der Waals surface area contributed by atoms with Gasteiger partial charge in [-0.05, 0) is 57.2 Å². The number of rotatable bonds is 3. The first-order chi connectivity index (χ1) is 10.5. The van der Waals surface area contributed by atoms with Gasteiger partial charge < -0.3 is 9.84 Å². The Morgan fingerprint density at radius 3 is 2.77 bits per heavy atom.